The van der Waals surface area contributed by atoms with Crippen molar-refractivity contribution in [2.45, 2.75) is 32.3 Å². The number of aryl methyl sites for hydroxylation is 1. The third kappa shape index (κ3) is 5.87. The van der Waals surface area contributed by atoms with Crippen LogP contribution in [0.25, 0.3) is 10.8 Å². The molecule has 0 fully saturated rings. The van der Waals surface area contributed by atoms with Crippen LogP contribution < -0.4 is 10.1 Å². The van der Waals surface area contributed by atoms with E-state index >= 15 is 0 Å². The van der Waals surface area contributed by atoms with E-state index in [1.54, 1.807) is 11.3 Å². The minimum atomic E-state index is -0.0919. The van der Waals surface area contributed by atoms with Crippen LogP contribution in [0.5, 0.6) is 5.75 Å². The summed E-state index contributed by atoms with van der Waals surface area (Å²) in [6.07, 6.45) is 6.03. The zero-order valence-electron chi connectivity index (χ0n) is 21.6. The number of aliphatic imine (C=N–C) groups is 1. The highest BCUT2D eigenvalue weighted by Gasteiger charge is 2.25. The minimum Gasteiger partial charge on any atom is -0.487 e. The van der Waals surface area contributed by atoms with Gasteiger partial charge in [-0.2, -0.15) is 0 Å². The summed E-state index contributed by atoms with van der Waals surface area (Å²) in [4.78, 5) is 19.5. The molecule has 4 aromatic carbocycles. The molecule has 40 heavy (non-hydrogen) atoms. The second-order valence-corrected chi connectivity index (χ2v) is 12.8. The van der Waals surface area contributed by atoms with Gasteiger partial charge in [0.15, 0.2) is 0 Å². The Labute approximate surface area is 259 Å². The lowest BCUT2D eigenvalue weighted by atomic mass is 9.95. The van der Waals surface area contributed by atoms with Crippen molar-refractivity contribution in [3.8, 4) is 5.75 Å². The zero-order valence-corrected chi connectivity index (χ0v) is 26.2. The van der Waals surface area contributed by atoms with Gasteiger partial charge in [0.2, 0.25) is 0 Å². The first-order valence-electron chi connectivity index (χ1n) is 13.2. The molecule has 0 spiro atoms. The molecule has 1 N–H and O–H groups in total. The SMILES string of the molecule is O=C(Nc1ccccc1)c1c(N=Cc2cc(Br)c(OCc3cccc4ccccc34)c(I)c2)sc2c1CCCC2. The molecule has 5 aromatic rings. The van der Waals surface area contributed by atoms with Gasteiger partial charge in [0.1, 0.15) is 17.4 Å². The number of hydrogen-bond donors (Lipinski definition) is 1. The number of halogens is 2. The molecule has 1 amide bonds. The molecule has 0 bridgehead atoms. The molecule has 0 saturated carbocycles. The Balaban J connectivity index is 1.24. The fourth-order valence-corrected chi connectivity index (χ4v) is 8.08. The standard InChI is InChI=1S/C33H26BrIN2O2S/c34-27-17-21(18-28(35)31(27)39-20-23-11-8-10-22-9-4-5-14-25(22)23)19-36-33-30(26-15-6-7-16-29(26)40-33)32(38)37-24-12-2-1-3-13-24/h1-5,8-14,17-19H,6-7,15-16,20H2,(H,37,38). The fourth-order valence-electron chi connectivity index (χ4n) is 5.09. The van der Waals surface area contributed by atoms with Gasteiger partial charge in [0.25, 0.3) is 5.91 Å². The molecule has 0 unspecified atom stereocenters. The van der Waals surface area contributed by atoms with Crippen molar-refractivity contribution in [3.63, 3.8) is 0 Å². The van der Waals surface area contributed by atoms with Crippen LogP contribution in [0.4, 0.5) is 10.7 Å². The van der Waals surface area contributed by atoms with E-state index in [1.807, 2.05) is 42.6 Å². The van der Waals surface area contributed by atoms with Crippen LogP contribution in [0.3, 0.4) is 0 Å². The molecule has 0 radical (unpaired) electrons. The first-order valence-corrected chi connectivity index (χ1v) is 15.9. The quantitative estimate of drug-likeness (QED) is 0.135. The highest BCUT2D eigenvalue weighted by Crippen LogP contribution is 2.40. The lowest BCUT2D eigenvalue weighted by Gasteiger charge is -2.13. The van der Waals surface area contributed by atoms with Crippen molar-refractivity contribution < 1.29 is 9.53 Å². The molecule has 200 valence electrons. The van der Waals surface area contributed by atoms with E-state index in [4.69, 9.17) is 9.73 Å². The normalized spacial score (nSPS) is 12.9. The van der Waals surface area contributed by atoms with Crippen LogP contribution in [-0.4, -0.2) is 12.1 Å². The molecule has 0 atom stereocenters. The minimum absolute atomic E-state index is 0.0919. The summed E-state index contributed by atoms with van der Waals surface area (Å²) in [6.45, 7) is 0.476. The molecule has 1 aliphatic rings. The average molecular weight is 721 g/mol. The van der Waals surface area contributed by atoms with Crippen molar-refractivity contribution in [3.05, 3.63) is 120 Å². The Morgan fingerprint density at radius 2 is 1.77 bits per heavy atom. The van der Waals surface area contributed by atoms with Gasteiger partial charge in [-0.05, 0) is 116 Å². The topological polar surface area (TPSA) is 50.7 Å². The summed E-state index contributed by atoms with van der Waals surface area (Å²) in [6, 6.07) is 28.3. The van der Waals surface area contributed by atoms with Crippen LogP contribution in [0.2, 0.25) is 0 Å². The maximum absolute atomic E-state index is 13.4. The summed E-state index contributed by atoms with van der Waals surface area (Å²) in [5, 5.41) is 6.24. The van der Waals surface area contributed by atoms with Crippen molar-refractivity contribution in [2.75, 3.05) is 5.32 Å². The molecule has 4 nitrogen and oxygen atoms in total. The van der Waals surface area contributed by atoms with E-state index in [0.717, 1.165) is 66.9 Å². The number of thiophene rings is 1. The van der Waals surface area contributed by atoms with Gasteiger partial charge in [-0.25, -0.2) is 4.99 Å². The number of rotatable bonds is 7. The number of amides is 1. The number of para-hydroxylation sites is 1. The van der Waals surface area contributed by atoms with E-state index in [9.17, 15) is 4.79 Å². The number of nitrogens with one attached hydrogen (secondary N) is 1. The number of carbonyl (C=O) groups excluding carboxylic acids is 1. The Kier molecular flexibility index (Phi) is 8.32. The zero-order chi connectivity index (χ0) is 27.5. The number of hydrogen-bond acceptors (Lipinski definition) is 4. The van der Waals surface area contributed by atoms with Gasteiger partial charge < -0.3 is 10.1 Å². The number of fused-ring (bicyclic) bond motifs is 2. The van der Waals surface area contributed by atoms with Gasteiger partial charge in [0.05, 0.1) is 13.6 Å². The predicted octanol–water partition coefficient (Wildman–Crippen LogP) is 9.73. The van der Waals surface area contributed by atoms with E-state index in [1.165, 1.54) is 15.6 Å². The monoisotopic (exact) mass is 720 g/mol. The summed E-state index contributed by atoms with van der Waals surface area (Å²) in [7, 11) is 0. The lowest BCUT2D eigenvalue weighted by Crippen LogP contribution is -2.14. The van der Waals surface area contributed by atoms with Crippen molar-refractivity contribution in [2.24, 2.45) is 4.99 Å². The van der Waals surface area contributed by atoms with Gasteiger partial charge >= 0.3 is 0 Å². The molecule has 1 aromatic heterocycles. The van der Waals surface area contributed by atoms with Crippen LogP contribution in [0.15, 0.2) is 94.4 Å². The third-order valence-electron chi connectivity index (χ3n) is 7.01. The third-order valence-corrected chi connectivity index (χ3v) is 9.61. The van der Waals surface area contributed by atoms with Gasteiger partial charge in [0, 0.05) is 16.8 Å². The Morgan fingerprint density at radius 1 is 1.00 bits per heavy atom. The molecular formula is C33H26BrIN2O2S. The number of anilines is 1. The molecule has 0 aliphatic heterocycles. The second-order valence-electron chi connectivity index (χ2n) is 9.71. The first kappa shape index (κ1) is 27.2. The second kappa shape index (κ2) is 12.2. The predicted molar refractivity (Wildman–Crippen MR) is 178 cm³/mol. The molecule has 6 rings (SSSR count). The number of benzene rings is 4. The number of carbonyl (C=O) groups is 1. The van der Waals surface area contributed by atoms with Crippen LogP contribution in [0, 0.1) is 3.57 Å². The largest absolute Gasteiger partial charge is 0.487 e. The molecule has 0 saturated heterocycles. The Bertz CT molecular complexity index is 1700. The van der Waals surface area contributed by atoms with Gasteiger partial charge in [-0.15, -0.1) is 11.3 Å². The fraction of sp³-hybridized carbons (Fsp3) is 0.152. The lowest BCUT2D eigenvalue weighted by molar-refractivity contribution is 0.102. The van der Waals surface area contributed by atoms with E-state index < -0.39 is 0 Å². The van der Waals surface area contributed by atoms with E-state index in [-0.39, 0.29) is 5.91 Å². The maximum atomic E-state index is 13.4. The average Bonchev–Trinajstić information content (AvgIpc) is 3.35. The van der Waals surface area contributed by atoms with Crippen molar-refractivity contribution in [1.29, 1.82) is 0 Å². The number of nitrogens with zero attached hydrogens (tertiary/aromatic N) is 1. The molecular weight excluding hydrogens is 695 g/mol. The first-order chi connectivity index (χ1) is 19.6. The summed E-state index contributed by atoms with van der Waals surface area (Å²) < 4.78 is 8.15. The summed E-state index contributed by atoms with van der Waals surface area (Å²) in [5.41, 5.74) is 4.74. The molecule has 1 heterocycles. The maximum Gasteiger partial charge on any atom is 0.259 e. The van der Waals surface area contributed by atoms with Gasteiger partial charge in [-0.1, -0.05) is 60.7 Å². The summed E-state index contributed by atoms with van der Waals surface area (Å²) >= 11 is 7.66. The number of ether oxygens (including phenoxy) is 1. The van der Waals surface area contributed by atoms with Crippen molar-refractivity contribution >= 4 is 83.4 Å². The Morgan fingerprint density at radius 3 is 2.62 bits per heavy atom. The Hall–Kier alpha value is -3.01. The highest BCUT2D eigenvalue weighted by molar-refractivity contribution is 14.1. The highest BCUT2D eigenvalue weighted by atomic mass is 127. The van der Waals surface area contributed by atoms with Gasteiger partial charge in [-0.3, -0.25) is 4.79 Å². The van der Waals surface area contributed by atoms with Crippen LogP contribution >= 0.6 is 49.9 Å². The smallest absolute Gasteiger partial charge is 0.259 e. The van der Waals surface area contributed by atoms with Crippen LogP contribution in [0.1, 0.15) is 44.8 Å². The summed E-state index contributed by atoms with van der Waals surface area (Å²) in [5.74, 6) is 0.714. The molecule has 1 aliphatic carbocycles. The van der Waals surface area contributed by atoms with E-state index in [0.29, 0.717) is 12.2 Å². The van der Waals surface area contributed by atoms with Crippen LogP contribution in [-0.2, 0) is 19.4 Å². The van der Waals surface area contributed by atoms with E-state index in [2.05, 4.69) is 92.4 Å². The molecule has 7 heteroatoms. The van der Waals surface area contributed by atoms with Crippen molar-refractivity contribution in [1.82, 2.24) is 0 Å².